The van der Waals surface area contributed by atoms with E-state index in [1.807, 2.05) is 58.7 Å². The van der Waals surface area contributed by atoms with Gasteiger partial charge in [0, 0.05) is 30.3 Å². The Labute approximate surface area is 320 Å². The highest BCUT2D eigenvalue weighted by molar-refractivity contribution is 7.09. The van der Waals surface area contributed by atoms with Gasteiger partial charge in [-0.25, -0.2) is 4.98 Å². The first-order chi connectivity index (χ1) is 25.1. The van der Waals surface area contributed by atoms with E-state index in [2.05, 4.69) is 29.5 Å². The van der Waals surface area contributed by atoms with Crippen molar-refractivity contribution in [1.29, 1.82) is 0 Å². The molecule has 4 N–H and O–H groups in total. The van der Waals surface area contributed by atoms with E-state index in [4.69, 9.17) is 4.74 Å². The third kappa shape index (κ3) is 13.4. The number of likely N-dealkylation sites (N-methyl/N-ethyl adjacent to an activating group) is 1. The van der Waals surface area contributed by atoms with Crippen molar-refractivity contribution >= 4 is 35.0 Å². The molecule has 1 saturated heterocycles. The molecule has 1 fully saturated rings. The molecular weight excluding hydrogens is 695 g/mol. The summed E-state index contributed by atoms with van der Waals surface area (Å²) in [6, 6.07) is 4.99. The number of hydrogen-bond donors (Lipinski definition) is 4. The zero-order valence-electron chi connectivity index (χ0n) is 33.0. The highest BCUT2D eigenvalue weighted by atomic mass is 32.1. The molecule has 2 heterocycles. The van der Waals surface area contributed by atoms with Crippen molar-refractivity contribution in [1.82, 2.24) is 25.4 Å². The van der Waals surface area contributed by atoms with Gasteiger partial charge in [0.05, 0.1) is 6.04 Å². The van der Waals surface area contributed by atoms with E-state index >= 15 is 0 Å². The first-order valence-electron chi connectivity index (χ1n) is 19.3. The fraction of sp³-hybridized carbons (Fsp3) is 0.675. The summed E-state index contributed by atoms with van der Waals surface area (Å²) in [4.78, 5) is 62.1. The number of esters is 1. The van der Waals surface area contributed by atoms with Gasteiger partial charge in [0.1, 0.15) is 28.6 Å². The number of nitrogens with zero attached hydrogens (tertiary/aromatic N) is 3. The molecule has 0 aliphatic carbocycles. The normalized spacial score (nSPS) is 17.8. The summed E-state index contributed by atoms with van der Waals surface area (Å²) in [6.45, 7) is 14.3. The Morgan fingerprint density at radius 1 is 1.04 bits per heavy atom. The Balaban J connectivity index is 1.83. The highest BCUT2D eigenvalue weighted by Gasteiger charge is 2.38. The number of phenols is 1. The van der Waals surface area contributed by atoms with E-state index in [1.54, 1.807) is 17.5 Å². The molecule has 0 saturated carbocycles. The van der Waals surface area contributed by atoms with Crippen LogP contribution in [0.3, 0.4) is 0 Å². The highest BCUT2D eigenvalue weighted by Crippen LogP contribution is 2.29. The zero-order valence-corrected chi connectivity index (χ0v) is 33.8. The lowest BCUT2D eigenvalue weighted by atomic mass is 9.92. The Hall–Kier alpha value is -3.55. The third-order valence-electron chi connectivity index (χ3n) is 10.1. The van der Waals surface area contributed by atoms with Crippen molar-refractivity contribution in [2.45, 2.75) is 137 Å². The van der Waals surface area contributed by atoms with Crippen molar-refractivity contribution in [3.8, 4) is 5.75 Å². The molecule has 6 atom stereocenters. The fourth-order valence-electron chi connectivity index (χ4n) is 6.83. The molecule has 12 nitrogen and oxygen atoms in total. The molecule has 13 heteroatoms. The quantitative estimate of drug-likeness (QED) is 0.0963. The van der Waals surface area contributed by atoms with E-state index in [0.717, 1.165) is 31.4 Å². The number of ether oxygens (including phenoxy) is 1. The van der Waals surface area contributed by atoms with Crippen molar-refractivity contribution in [2.75, 3.05) is 20.3 Å². The van der Waals surface area contributed by atoms with Crippen LogP contribution in [0.25, 0.3) is 0 Å². The van der Waals surface area contributed by atoms with Gasteiger partial charge in [0.2, 0.25) is 11.8 Å². The molecule has 1 aliphatic heterocycles. The minimum absolute atomic E-state index is 0.0761. The number of nitrogens with one attached hydrogen (secondary N) is 2. The minimum Gasteiger partial charge on any atom is -0.508 e. The number of likely N-dealkylation sites (tertiary alicyclic amines) is 1. The smallest absolute Gasteiger partial charge is 0.307 e. The van der Waals surface area contributed by atoms with Gasteiger partial charge in [0.15, 0.2) is 6.73 Å². The number of hydrogen-bond acceptors (Lipinski definition) is 10. The first kappa shape index (κ1) is 43.9. The lowest BCUT2D eigenvalue weighted by molar-refractivity contribution is -0.159. The third-order valence-corrected chi connectivity index (χ3v) is 11.1. The molecule has 0 spiro atoms. The molecule has 53 heavy (non-hydrogen) atoms. The number of aliphatic hydroxyl groups excluding tert-OH is 1. The number of aromatic hydroxyl groups is 1. The summed E-state index contributed by atoms with van der Waals surface area (Å²) in [5, 5.41) is 29.4. The summed E-state index contributed by atoms with van der Waals surface area (Å²) >= 11 is 1.17. The van der Waals surface area contributed by atoms with E-state index in [9.17, 15) is 29.4 Å². The number of phenolic OH excluding ortho intramolecular Hbond substituents is 1. The number of carbonyl (C=O) groups excluding carboxylic acids is 4. The van der Waals surface area contributed by atoms with Gasteiger partial charge in [-0.15, -0.1) is 11.3 Å². The topological polar surface area (TPSA) is 161 Å². The molecule has 0 bridgehead atoms. The summed E-state index contributed by atoms with van der Waals surface area (Å²) in [7, 11) is 1.93. The van der Waals surface area contributed by atoms with Crippen molar-refractivity contribution in [2.24, 2.45) is 17.8 Å². The van der Waals surface area contributed by atoms with Crippen LogP contribution in [0.2, 0.25) is 0 Å². The van der Waals surface area contributed by atoms with Crippen LogP contribution >= 0.6 is 11.3 Å². The monoisotopic (exact) mass is 757 g/mol. The van der Waals surface area contributed by atoms with Crippen molar-refractivity contribution < 1.29 is 34.1 Å². The van der Waals surface area contributed by atoms with Gasteiger partial charge < -0.3 is 30.5 Å². The minimum atomic E-state index is -1.12. The molecular formula is C40H63N5O7S. The number of carbonyl (C=O) groups is 4. The first-order valence-corrected chi connectivity index (χ1v) is 20.2. The maximum atomic E-state index is 14.5. The van der Waals surface area contributed by atoms with Crippen LogP contribution in [-0.4, -0.2) is 93.2 Å². The van der Waals surface area contributed by atoms with Crippen molar-refractivity contribution in [3.05, 3.63) is 45.9 Å². The lowest BCUT2D eigenvalue weighted by Gasteiger charge is -2.39. The number of rotatable bonds is 20. The van der Waals surface area contributed by atoms with Gasteiger partial charge in [-0.05, 0) is 81.1 Å². The van der Waals surface area contributed by atoms with Crippen LogP contribution in [0.1, 0.15) is 127 Å². The molecule has 296 valence electrons. The predicted molar refractivity (Wildman–Crippen MR) is 207 cm³/mol. The van der Waals surface area contributed by atoms with Crippen molar-refractivity contribution in [3.63, 3.8) is 0 Å². The molecule has 2 aromatic rings. The predicted octanol–water partition coefficient (Wildman–Crippen LogP) is 5.83. The summed E-state index contributed by atoms with van der Waals surface area (Å²) < 4.78 is 5.62. The van der Waals surface area contributed by atoms with E-state index in [-0.39, 0.29) is 72.7 Å². The number of aliphatic hydroxyl groups is 1. The van der Waals surface area contributed by atoms with Gasteiger partial charge in [-0.3, -0.25) is 24.1 Å². The molecule has 1 aliphatic rings. The Kier molecular flexibility index (Phi) is 17.7. The van der Waals surface area contributed by atoms with Gasteiger partial charge in [-0.1, -0.05) is 73.4 Å². The number of piperidine rings is 1. The molecule has 1 aromatic carbocycles. The van der Waals surface area contributed by atoms with Crippen LogP contribution in [0.15, 0.2) is 29.6 Å². The fourth-order valence-corrected chi connectivity index (χ4v) is 7.63. The zero-order chi connectivity index (χ0) is 39.2. The second-order valence-electron chi connectivity index (χ2n) is 15.4. The van der Waals surface area contributed by atoms with E-state index < -0.39 is 24.2 Å². The molecule has 3 amide bonds. The SMILES string of the molecule is CCCC(=O)OCN(C(=O)[C@@H](NC(=O)[C@H]1CCCCN1C)C(C)CC)[C@H](C[C@@H](O)c1nc(C(=O)N[C@@H](Cc2ccc(O)cc2)CC(C)C)cs1)C(C)C. The van der Waals surface area contributed by atoms with Gasteiger partial charge in [0.25, 0.3) is 5.91 Å². The van der Waals surface area contributed by atoms with Gasteiger partial charge in [-0.2, -0.15) is 0 Å². The number of aromatic nitrogens is 1. The second-order valence-corrected chi connectivity index (χ2v) is 16.3. The summed E-state index contributed by atoms with van der Waals surface area (Å²) in [6.07, 6.45) is 4.39. The molecule has 0 radical (unpaired) electrons. The van der Waals surface area contributed by atoms with Crippen LogP contribution in [0.5, 0.6) is 5.75 Å². The maximum Gasteiger partial charge on any atom is 0.307 e. The Morgan fingerprint density at radius 3 is 2.34 bits per heavy atom. The summed E-state index contributed by atoms with van der Waals surface area (Å²) in [5.74, 6) is -1.21. The lowest BCUT2D eigenvalue weighted by Crippen LogP contribution is -2.59. The largest absolute Gasteiger partial charge is 0.508 e. The average molecular weight is 758 g/mol. The van der Waals surface area contributed by atoms with Crippen LogP contribution in [-0.2, 0) is 25.5 Å². The second kappa shape index (κ2) is 21.4. The van der Waals surface area contributed by atoms with Crippen LogP contribution < -0.4 is 10.6 Å². The molecule has 1 aromatic heterocycles. The number of benzene rings is 1. The Morgan fingerprint density at radius 2 is 1.74 bits per heavy atom. The molecule has 3 rings (SSSR count). The van der Waals surface area contributed by atoms with Crippen LogP contribution in [0.4, 0.5) is 0 Å². The standard InChI is InChI=1S/C40H63N5O7S/c1-9-13-35(48)52-24-45(40(51)36(27(7)10-2)43-38(50)32-14-11-12-19-44(32)8)33(26(5)6)22-34(47)39-42-31(23-53-39)37(49)41-29(20-25(3)4)21-28-15-17-30(46)18-16-28/h15-18,23,25-27,29,32-34,36,46-47H,9-14,19-22,24H2,1-8H3,(H,41,49)(H,43,50)/t27?,29-,32-,33-,34-,36+/m1/s1. The van der Waals surface area contributed by atoms with E-state index in [0.29, 0.717) is 36.6 Å². The Bertz CT molecular complexity index is 1470. The summed E-state index contributed by atoms with van der Waals surface area (Å²) in [5.41, 5.74) is 1.18. The van der Waals surface area contributed by atoms with Gasteiger partial charge >= 0.3 is 5.97 Å². The maximum absolute atomic E-state index is 14.5. The number of amides is 3. The number of thiazole rings is 1. The van der Waals surface area contributed by atoms with Crippen LogP contribution in [0, 0.1) is 17.8 Å². The average Bonchev–Trinajstić information content (AvgIpc) is 3.61. The van der Waals surface area contributed by atoms with E-state index in [1.165, 1.54) is 16.2 Å². The molecule has 1 unspecified atom stereocenters.